The summed E-state index contributed by atoms with van der Waals surface area (Å²) < 4.78 is 14.1. The highest BCUT2D eigenvalue weighted by Crippen LogP contribution is 2.36. The fraction of sp³-hybridized carbons (Fsp3) is 0.571. The number of halogens is 2. The Morgan fingerprint density at radius 1 is 1.19 bits per heavy atom. The van der Waals surface area contributed by atoms with Gasteiger partial charge in [0.05, 0.1) is 5.02 Å². The molecular formula is C21H26ClFN2OS. The number of rotatable bonds is 4. The molecule has 0 atom stereocenters. The maximum atomic E-state index is 13.4. The Kier molecular flexibility index (Phi) is 6.00. The van der Waals surface area contributed by atoms with Crippen molar-refractivity contribution in [2.45, 2.75) is 51.0 Å². The van der Waals surface area contributed by atoms with E-state index in [9.17, 15) is 9.18 Å². The Balaban J connectivity index is 1.32. The lowest BCUT2D eigenvalue weighted by Crippen LogP contribution is -2.45. The van der Waals surface area contributed by atoms with E-state index in [-0.39, 0.29) is 17.8 Å². The van der Waals surface area contributed by atoms with Crippen LogP contribution >= 0.6 is 22.9 Å². The summed E-state index contributed by atoms with van der Waals surface area (Å²) in [6, 6.07) is 4.65. The van der Waals surface area contributed by atoms with Gasteiger partial charge in [0.1, 0.15) is 10.7 Å². The molecule has 4 rings (SSSR count). The van der Waals surface area contributed by atoms with Crippen molar-refractivity contribution in [1.82, 2.24) is 10.2 Å². The highest BCUT2D eigenvalue weighted by Gasteiger charge is 2.25. The van der Waals surface area contributed by atoms with E-state index in [1.54, 1.807) is 6.07 Å². The van der Waals surface area contributed by atoms with Crippen LogP contribution in [0.15, 0.2) is 18.2 Å². The molecule has 3 nitrogen and oxygen atoms in total. The molecule has 146 valence electrons. The second-order valence-corrected chi connectivity index (χ2v) is 9.37. The molecular weight excluding hydrogens is 383 g/mol. The van der Waals surface area contributed by atoms with Gasteiger partial charge in [-0.15, -0.1) is 11.3 Å². The average Bonchev–Trinajstić information content (AvgIpc) is 3.00. The summed E-state index contributed by atoms with van der Waals surface area (Å²) >= 11 is 7.64. The van der Waals surface area contributed by atoms with Crippen LogP contribution in [0.5, 0.6) is 0 Å². The number of carbonyl (C=O) groups excluding carboxylic acids is 1. The normalized spacial score (nSPS) is 20.2. The molecule has 1 aliphatic carbocycles. The number of nitrogens with zero attached hydrogens (tertiary/aromatic N) is 1. The van der Waals surface area contributed by atoms with Crippen LogP contribution in [0.2, 0.25) is 5.02 Å². The van der Waals surface area contributed by atoms with E-state index < -0.39 is 0 Å². The van der Waals surface area contributed by atoms with Gasteiger partial charge >= 0.3 is 0 Å². The third-order valence-corrected chi connectivity index (χ3v) is 7.62. The van der Waals surface area contributed by atoms with E-state index in [2.05, 4.69) is 10.2 Å². The highest BCUT2D eigenvalue weighted by molar-refractivity contribution is 7.21. The van der Waals surface area contributed by atoms with Crippen LogP contribution in [0, 0.1) is 11.7 Å². The van der Waals surface area contributed by atoms with Crippen molar-refractivity contribution in [2.75, 3.05) is 19.6 Å². The maximum Gasteiger partial charge on any atom is 0.263 e. The Labute approximate surface area is 168 Å². The van der Waals surface area contributed by atoms with Crippen molar-refractivity contribution in [2.24, 2.45) is 5.92 Å². The van der Waals surface area contributed by atoms with E-state index in [4.69, 9.17) is 11.6 Å². The lowest BCUT2D eigenvalue weighted by molar-refractivity contribution is 0.0906. The van der Waals surface area contributed by atoms with Crippen LogP contribution in [0.1, 0.15) is 54.6 Å². The van der Waals surface area contributed by atoms with Crippen LogP contribution in [0.4, 0.5) is 4.39 Å². The number of piperidine rings is 1. The monoisotopic (exact) mass is 408 g/mol. The number of amides is 1. The van der Waals surface area contributed by atoms with E-state index in [0.717, 1.165) is 37.2 Å². The van der Waals surface area contributed by atoms with Crippen molar-refractivity contribution in [1.29, 1.82) is 0 Å². The Morgan fingerprint density at radius 3 is 2.67 bits per heavy atom. The van der Waals surface area contributed by atoms with E-state index in [1.165, 1.54) is 62.1 Å². The Hall–Kier alpha value is -1.17. The van der Waals surface area contributed by atoms with Gasteiger partial charge in [-0.3, -0.25) is 4.79 Å². The van der Waals surface area contributed by atoms with E-state index >= 15 is 0 Å². The highest BCUT2D eigenvalue weighted by atomic mass is 35.5. The number of likely N-dealkylation sites (tertiary alicyclic amines) is 1. The zero-order valence-corrected chi connectivity index (χ0v) is 17.0. The van der Waals surface area contributed by atoms with Crippen LogP contribution in [-0.2, 0) is 0 Å². The van der Waals surface area contributed by atoms with Crippen LogP contribution in [0.25, 0.3) is 10.1 Å². The summed E-state index contributed by atoms with van der Waals surface area (Å²) in [6.07, 6.45) is 8.89. The molecule has 0 radical (unpaired) electrons. The van der Waals surface area contributed by atoms with Gasteiger partial charge in [0.2, 0.25) is 0 Å². The molecule has 1 saturated heterocycles. The molecule has 1 aromatic heterocycles. The molecule has 27 heavy (non-hydrogen) atoms. The minimum Gasteiger partial charge on any atom is -0.348 e. The molecule has 2 heterocycles. The molecule has 2 aromatic rings. The first-order valence-electron chi connectivity index (χ1n) is 10.0. The van der Waals surface area contributed by atoms with Crippen molar-refractivity contribution in [3.63, 3.8) is 0 Å². The molecule has 1 amide bonds. The van der Waals surface area contributed by atoms with Gasteiger partial charge in [0.25, 0.3) is 5.91 Å². The molecule has 0 spiro atoms. The van der Waals surface area contributed by atoms with E-state index in [0.29, 0.717) is 14.6 Å². The summed E-state index contributed by atoms with van der Waals surface area (Å²) in [6.45, 7) is 3.31. The zero-order valence-electron chi connectivity index (χ0n) is 15.5. The fourth-order valence-corrected chi connectivity index (χ4v) is 5.88. The largest absolute Gasteiger partial charge is 0.348 e. The van der Waals surface area contributed by atoms with Crippen molar-refractivity contribution >= 4 is 38.9 Å². The van der Waals surface area contributed by atoms with Gasteiger partial charge in [-0.1, -0.05) is 30.9 Å². The molecule has 0 bridgehead atoms. The number of carbonyl (C=O) groups is 1. The molecule has 1 aromatic carbocycles. The fourth-order valence-electron chi connectivity index (χ4n) is 4.43. The first-order chi connectivity index (χ1) is 13.1. The SMILES string of the molecule is O=C(NC1CCN(CC2CCCCC2)CC1)c1sc2cc(F)ccc2c1Cl. The molecule has 1 aliphatic heterocycles. The summed E-state index contributed by atoms with van der Waals surface area (Å²) in [5.41, 5.74) is 0. The zero-order chi connectivity index (χ0) is 18.8. The minimum absolute atomic E-state index is 0.132. The van der Waals surface area contributed by atoms with Gasteiger partial charge in [-0.25, -0.2) is 4.39 Å². The lowest BCUT2D eigenvalue weighted by Gasteiger charge is -2.35. The average molecular weight is 409 g/mol. The standard InChI is InChI=1S/C21H26ClFN2OS/c22-19-17-7-6-15(23)12-18(17)27-20(19)21(26)24-16-8-10-25(11-9-16)13-14-4-2-1-3-5-14/h6-7,12,14,16H,1-5,8-11,13H2,(H,24,26). The van der Waals surface area contributed by atoms with Crippen molar-refractivity contribution in [3.8, 4) is 0 Å². The van der Waals surface area contributed by atoms with Crippen molar-refractivity contribution in [3.05, 3.63) is 33.9 Å². The van der Waals surface area contributed by atoms with Gasteiger partial charge < -0.3 is 10.2 Å². The number of hydrogen-bond acceptors (Lipinski definition) is 3. The summed E-state index contributed by atoms with van der Waals surface area (Å²) in [5, 5.41) is 4.32. The third-order valence-electron chi connectivity index (χ3n) is 5.96. The maximum absolute atomic E-state index is 13.4. The molecule has 2 fully saturated rings. The number of hydrogen-bond donors (Lipinski definition) is 1. The van der Waals surface area contributed by atoms with Gasteiger partial charge in [0.15, 0.2) is 0 Å². The molecule has 1 saturated carbocycles. The second kappa shape index (κ2) is 8.46. The second-order valence-electron chi connectivity index (χ2n) is 7.94. The van der Waals surface area contributed by atoms with Crippen LogP contribution < -0.4 is 5.32 Å². The van der Waals surface area contributed by atoms with Gasteiger partial charge in [0, 0.05) is 35.8 Å². The van der Waals surface area contributed by atoms with Crippen LogP contribution in [-0.4, -0.2) is 36.5 Å². The first-order valence-corrected chi connectivity index (χ1v) is 11.2. The molecule has 2 aliphatic rings. The lowest BCUT2D eigenvalue weighted by atomic mass is 9.88. The van der Waals surface area contributed by atoms with Gasteiger partial charge in [-0.05, 0) is 49.8 Å². The summed E-state index contributed by atoms with van der Waals surface area (Å²) in [5.74, 6) is 0.424. The van der Waals surface area contributed by atoms with Gasteiger partial charge in [-0.2, -0.15) is 0 Å². The Bertz CT molecular complexity index is 810. The van der Waals surface area contributed by atoms with Crippen molar-refractivity contribution < 1.29 is 9.18 Å². The van der Waals surface area contributed by atoms with E-state index in [1.807, 2.05) is 0 Å². The number of benzene rings is 1. The third kappa shape index (κ3) is 4.47. The summed E-state index contributed by atoms with van der Waals surface area (Å²) in [4.78, 5) is 15.7. The molecule has 6 heteroatoms. The smallest absolute Gasteiger partial charge is 0.263 e. The van der Waals surface area contributed by atoms with Crippen LogP contribution in [0.3, 0.4) is 0 Å². The predicted molar refractivity (Wildman–Crippen MR) is 110 cm³/mol. The first kappa shape index (κ1) is 19.2. The summed E-state index contributed by atoms with van der Waals surface area (Å²) in [7, 11) is 0. The predicted octanol–water partition coefficient (Wildman–Crippen LogP) is 5.47. The number of nitrogens with one attached hydrogen (secondary N) is 1. The quantitative estimate of drug-likeness (QED) is 0.727. The number of thiophene rings is 1. The topological polar surface area (TPSA) is 32.3 Å². The molecule has 1 N–H and O–H groups in total. The number of fused-ring (bicyclic) bond motifs is 1. The Morgan fingerprint density at radius 2 is 1.93 bits per heavy atom. The minimum atomic E-state index is -0.308. The molecule has 0 unspecified atom stereocenters.